The van der Waals surface area contributed by atoms with Gasteiger partial charge in [-0.05, 0) is 26.0 Å². The van der Waals surface area contributed by atoms with Crippen LogP contribution in [-0.4, -0.2) is 88.6 Å². The fourth-order valence-electron chi connectivity index (χ4n) is 4.00. The topological polar surface area (TPSA) is 78.8 Å². The molecule has 8 heteroatoms. The van der Waals surface area contributed by atoms with Crippen molar-refractivity contribution in [3.8, 4) is 0 Å². The molecule has 1 aromatic heterocycles. The molecule has 1 amide bonds. The van der Waals surface area contributed by atoms with Gasteiger partial charge in [-0.3, -0.25) is 9.69 Å². The number of aliphatic hydroxyl groups excluding tert-OH is 1. The summed E-state index contributed by atoms with van der Waals surface area (Å²) in [6.07, 6.45) is 5.53. The van der Waals surface area contributed by atoms with Crippen LogP contribution in [0.1, 0.15) is 24.2 Å². The molecule has 1 N–H and O–H groups in total. The summed E-state index contributed by atoms with van der Waals surface area (Å²) in [5.74, 6) is 0.328. The number of carbonyl (C=O) groups excluding carboxylic acids is 1. The smallest absolute Gasteiger partial charge is 0.257 e. The third kappa shape index (κ3) is 4.54. The first-order chi connectivity index (χ1) is 12.5. The monoisotopic (exact) mass is 380 g/mol. The van der Waals surface area contributed by atoms with Gasteiger partial charge in [0.15, 0.2) is 5.16 Å². The van der Waals surface area contributed by atoms with Crippen LogP contribution in [-0.2, 0) is 4.74 Å². The second-order valence-electron chi connectivity index (χ2n) is 7.35. The first-order valence-corrected chi connectivity index (χ1v) is 10.4. The molecule has 2 aliphatic heterocycles. The molecule has 0 bridgehead atoms. The zero-order valence-electron chi connectivity index (χ0n) is 15.7. The van der Waals surface area contributed by atoms with Crippen LogP contribution in [0.2, 0.25) is 0 Å². The van der Waals surface area contributed by atoms with E-state index in [1.54, 1.807) is 12.4 Å². The Morgan fingerprint density at radius 1 is 1.19 bits per heavy atom. The standard InChI is InChI=1S/C18H28N4O3S/c1-12-6-21(7-13(2)25-12)8-15-9-22(10-16(15)11-23)17(24)14-4-19-18(26-3)20-5-14/h4-5,12-13,15-16,23H,6-11H2,1-3H3. The Kier molecular flexibility index (Phi) is 6.50. The van der Waals surface area contributed by atoms with Crippen molar-refractivity contribution in [2.24, 2.45) is 11.8 Å². The molecule has 26 heavy (non-hydrogen) atoms. The van der Waals surface area contributed by atoms with Crippen molar-refractivity contribution >= 4 is 17.7 Å². The molecule has 4 atom stereocenters. The Labute approximate surface area is 159 Å². The lowest BCUT2D eigenvalue weighted by Crippen LogP contribution is -2.48. The number of morpholine rings is 1. The summed E-state index contributed by atoms with van der Waals surface area (Å²) in [6, 6.07) is 0. The Bertz CT molecular complexity index is 605. The van der Waals surface area contributed by atoms with E-state index in [9.17, 15) is 9.90 Å². The molecule has 2 saturated heterocycles. The van der Waals surface area contributed by atoms with Crippen molar-refractivity contribution in [3.63, 3.8) is 0 Å². The van der Waals surface area contributed by atoms with Crippen molar-refractivity contribution in [1.29, 1.82) is 0 Å². The molecule has 0 aromatic carbocycles. The van der Waals surface area contributed by atoms with Crippen molar-refractivity contribution in [3.05, 3.63) is 18.0 Å². The molecular formula is C18H28N4O3S. The molecule has 3 heterocycles. The lowest BCUT2D eigenvalue weighted by molar-refractivity contribution is -0.0726. The van der Waals surface area contributed by atoms with Crippen LogP contribution in [0, 0.1) is 11.8 Å². The molecule has 7 nitrogen and oxygen atoms in total. The molecule has 144 valence electrons. The average Bonchev–Trinajstić information content (AvgIpc) is 3.03. The van der Waals surface area contributed by atoms with Gasteiger partial charge < -0.3 is 14.7 Å². The van der Waals surface area contributed by atoms with Crippen LogP contribution in [0.3, 0.4) is 0 Å². The zero-order chi connectivity index (χ0) is 18.7. The van der Waals surface area contributed by atoms with Crippen LogP contribution in [0.15, 0.2) is 17.6 Å². The number of likely N-dealkylation sites (tertiary alicyclic amines) is 1. The molecule has 0 aliphatic carbocycles. The van der Waals surface area contributed by atoms with E-state index in [1.165, 1.54) is 11.8 Å². The molecular weight excluding hydrogens is 352 g/mol. The van der Waals surface area contributed by atoms with E-state index < -0.39 is 0 Å². The Morgan fingerprint density at radius 2 is 1.81 bits per heavy atom. The third-order valence-electron chi connectivity index (χ3n) is 5.14. The number of hydrogen-bond donors (Lipinski definition) is 1. The molecule has 4 unspecified atom stereocenters. The highest BCUT2D eigenvalue weighted by Crippen LogP contribution is 2.26. The van der Waals surface area contributed by atoms with E-state index >= 15 is 0 Å². The second kappa shape index (κ2) is 8.65. The molecule has 0 saturated carbocycles. The summed E-state index contributed by atoms with van der Waals surface area (Å²) in [5.41, 5.74) is 0.508. The van der Waals surface area contributed by atoms with Gasteiger partial charge in [-0.2, -0.15) is 0 Å². The Balaban J connectivity index is 1.63. The predicted molar refractivity (Wildman–Crippen MR) is 100 cm³/mol. The zero-order valence-corrected chi connectivity index (χ0v) is 16.5. The number of aromatic nitrogens is 2. The van der Waals surface area contributed by atoms with Gasteiger partial charge in [0, 0.05) is 57.6 Å². The minimum atomic E-state index is -0.0534. The molecule has 0 radical (unpaired) electrons. The molecule has 2 fully saturated rings. The lowest BCUT2D eigenvalue weighted by Gasteiger charge is -2.37. The maximum atomic E-state index is 12.8. The first kappa shape index (κ1) is 19.5. The van der Waals surface area contributed by atoms with Crippen molar-refractivity contribution < 1.29 is 14.6 Å². The summed E-state index contributed by atoms with van der Waals surface area (Å²) in [7, 11) is 0. The van der Waals surface area contributed by atoms with Crippen LogP contribution < -0.4 is 0 Å². The molecule has 0 spiro atoms. The third-order valence-corrected chi connectivity index (χ3v) is 5.72. The van der Waals surface area contributed by atoms with Crippen molar-refractivity contribution in [2.45, 2.75) is 31.2 Å². The van der Waals surface area contributed by atoms with Gasteiger partial charge in [-0.25, -0.2) is 9.97 Å². The normalized spacial score (nSPS) is 29.9. The quantitative estimate of drug-likeness (QED) is 0.603. The minimum Gasteiger partial charge on any atom is -0.396 e. The number of thioether (sulfide) groups is 1. The van der Waals surface area contributed by atoms with E-state index in [0.29, 0.717) is 23.8 Å². The van der Waals surface area contributed by atoms with E-state index in [2.05, 4.69) is 28.7 Å². The summed E-state index contributed by atoms with van der Waals surface area (Å²) >= 11 is 1.45. The highest BCUT2D eigenvalue weighted by atomic mass is 32.2. The van der Waals surface area contributed by atoms with Gasteiger partial charge >= 0.3 is 0 Å². The first-order valence-electron chi connectivity index (χ1n) is 9.14. The van der Waals surface area contributed by atoms with Gasteiger partial charge in [0.25, 0.3) is 5.91 Å². The van der Waals surface area contributed by atoms with E-state index in [-0.39, 0.29) is 36.6 Å². The maximum absolute atomic E-state index is 12.8. The van der Waals surface area contributed by atoms with Crippen LogP contribution in [0.25, 0.3) is 0 Å². The largest absolute Gasteiger partial charge is 0.396 e. The van der Waals surface area contributed by atoms with E-state index in [1.807, 2.05) is 11.2 Å². The van der Waals surface area contributed by atoms with Crippen LogP contribution >= 0.6 is 11.8 Å². The highest BCUT2D eigenvalue weighted by molar-refractivity contribution is 7.98. The minimum absolute atomic E-state index is 0.0534. The van der Waals surface area contributed by atoms with Gasteiger partial charge in [0.1, 0.15) is 0 Å². The SMILES string of the molecule is CSc1ncc(C(=O)N2CC(CO)C(CN3CC(C)OC(C)C3)C2)cn1. The number of amides is 1. The van der Waals surface area contributed by atoms with Crippen LogP contribution in [0.5, 0.6) is 0 Å². The van der Waals surface area contributed by atoms with E-state index in [0.717, 1.165) is 19.6 Å². The number of hydrogen-bond acceptors (Lipinski definition) is 7. The number of rotatable bonds is 5. The Morgan fingerprint density at radius 3 is 2.38 bits per heavy atom. The molecule has 1 aromatic rings. The van der Waals surface area contributed by atoms with Gasteiger partial charge in [0.05, 0.1) is 17.8 Å². The van der Waals surface area contributed by atoms with Gasteiger partial charge in [-0.15, -0.1) is 0 Å². The maximum Gasteiger partial charge on any atom is 0.257 e. The fraction of sp³-hybridized carbons (Fsp3) is 0.722. The highest BCUT2D eigenvalue weighted by Gasteiger charge is 2.37. The summed E-state index contributed by atoms with van der Waals surface area (Å²) in [4.78, 5) is 25.4. The van der Waals surface area contributed by atoms with E-state index in [4.69, 9.17) is 4.74 Å². The fourth-order valence-corrected chi connectivity index (χ4v) is 4.31. The van der Waals surface area contributed by atoms with Crippen molar-refractivity contribution in [2.75, 3.05) is 45.6 Å². The summed E-state index contributed by atoms with van der Waals surface area (Å²) in [6.45, 7) is 8.21. The second-order valence-corrected chi connectivity index (χ2v) is 8.12. The Hall–Kier alpha value is -1.22. The van der Waals surface area contributed by atoms with Crippen LogP contribution in [0.4, 0.5) is 0 Å². The lowest BCUT2D eigenvalue weighted by atomic mass is 9.96. The summed E-state index contributed by atoms with van der Waals surface area (Å²) in [5, 5.41) is 10.5. The summed E-state index contributed by atoms with van der Waals surface area (Å²) < 4.78 is 5.80. The molecule has 2 aliphatic rings. The predicted octanol–water partition coefficient (Wildman–Crippen LogP) is 0.988. The average molecular weight is 381 g/mol. The molecule has 3 rings (SSSR count). The van der Waals surface area contributed by atoms with Gasteiger partial charge in [-0.1, -0.05) is 11.8 Å². The van der Waals surface area contributed by atoms with Crippen molar-refractivity contribution in [1.82, 2.24) is 19.8 Å². The number of carbonyl (C=O) groups is 1. The number of nitrogens with zero attached hydrogens (tertiary/aromatic N) is 4. The number of aliphatic hydroxyl groups is 1. The van der Waals surface area contributed by atoms with Gasteiger partial charge in [0.2, 0.25) is 0 Å². The number of ether oxygens (including phenoxy) is 1.